The number of halogens is 1. The number of thiocarbonyl (C=S) groups is 1. The molecule has 0 saturated carbocycles. The summed E-state index contributed by atoms with van der Waals surface area (Å²) in [4.78, 5) is 0.836. The molecule has 0 fully saturated rings. The zero-order valence-corrected chi connectivity index (χ0v) is 13.2. The smallest absolute Gasteiger partial charge is 0.221 e. The SMILES string of the molecule is CCC(C(N)=S)S(=O)(=O)NC(C)c1ccc(Cl)s1. The summed E-state index contributed by atoms with van der Waals surface area (Å²) >= 11 is 11.9. The first-order valence-corrected chi connectivity index (χ1v) is 8.48. The van der Waals surface area contributed by atoms with Crippen LogP contribution >= 0.6 is 35.2 Å². The van der Waals surface area contributed by atoms with Crippen LogP contribution in [0.4, 0.5) is 0 Å². The molecular weight excluding hydrogens is 312 g/mol. The van der Waals surface area contributed by atoms with E-state index in [4.69, 9.17) is 29.6 Å². The van der Waals surface area contributed by atoms with E-state index in [-0.39, 0.29) is 11.0 Å². The highest BCUT2D eigenvalue weighted by Gasteiger charge is 2.28. The Morgan fingerprint density at radius 3 is 2.61 bits per heavy atom. The van der Waals surface area contributed by atoms with Gasteiger partial charge in [-0.05, 0) is 25.5 Å². The molecule has 0 aliphatic rings. The van der Waals surface area contributed by atoms with Crippen molar-refractivity contribution in [3.05, 3.63) is 21.3 Å². The molecule has 4 nitrogen and oxygen atoms in total. The third kappa shape index (κ3) is 3.89. The summed E-state index contributed by atoms with van der Waals surface area (Å²) in [6, 6.07) is 3.18. The fraction of sp³-hybridized carbons (Fsp3) is 0.500. The zero-order chi connectivity index (χ0) is 13.9. The second kappa shape index (κ2) is 6.29. The molecule has 0 aliphatic carbocycles. The maximum absolute atomic E-state index is 12.1. The van der Waals surface area contributed by atoms with Crippen molar-refractivity contribution in [1.82, 2.24) is 4.72 Å². The second-order valence-electron chi connectivity index (χ2n) is 3.83. The van der Waals surface area contributed by atoms with E-state index in [1.807, 2.05) is 0 Å². The molecule has 18 heavy (non-hydrogen) atoms. The quantitative estimate of drug-likeness (QED) is 0.788. The average Bonchev–Trinajstić information content (AvgIpc) is 2.63. The van der Waals surface area contributed by atoms with Gasteiger partial charge in [0.15, 0.2) is 0 Å². The maximum atomic E-state index is 12.1. The summed E-state index contributed by atoms with van der Waals surface area (Å²) in [5, 5.41) is -0.842. The number of hydrogen-bond donors (Lipinski definition) is 2. The highest BCUT2D eigenvalue weighted by Crippen LogP contribution is 2.27. The normalized spacial score (nSPS) is 15.3. The van der Waals surface area contributed by atoms with Gasteiger partial charge in [0.25, 0.3) is 0 Å². The monoisotopic (exact) mass is 326 g/mol. The molecule has 8 heteroatoms. The van der Waals surface area contributed by atoms with E-state index in [1.54, 1.807) is 26.0 Å². The molecule has 0 aromatic carbocycles. The summed E-state index contributed by atoms with van der Waals surface area (Å²) < 4.78 is 27.4. The summed E-state index contributed by atoms with van der Waals surface area (Å²) in [6.07, 6.45) is 0.350. The Morgan fingerprint density at radius 1 is 1.61 bits per heavy atom. The molecule has 0 aliphatic heterocycles. The maximum Gasteiger partial charge on any atom is 0.221 e. The van der Waals surface area contributed by atoms with Crippen LogP contribution in [0.25, 0.3) is 0 Å². The van der Waals surface area contributed by atoms with Crippen LogP contribution in [-0.4, -0.2) is 18.7 Å². The Hall–Kier alpha value is -0.210. The van der Waals surface area contributed by atoms with Crippen molar-refractivity contribution in [3.8, 4) is 0 Å². The minimum atomic E-state index is -3.56. The van der Waals surface area contributed by atoms with Gasteiger partial charge >= 0.3 is 0 Å². The lowest BCUT2D eigenvalue weighted by atomic mass is 10.3. The average molecular weight is 327 g/mol. The summed E-state index contributed by atoms with van der Waals surface area (Å²) in [6.45, 7) is 3.49. The van der Waals surface area contributed by atoms with Crippen molar-refractivity contribution in [2.24, 2.45) is 5.73 Å². The van der Waals surface area contributed by atoms with Gasteiger partial charge in [0.1, 0.15) is 5.25 Å². The Labute approximate surface area is 122 Å². The van der Waals surface area contributed by atoms with E-state index < -0.39 is 15.3 Å². The van der Waals surface area contributed by atoms with Crippen LogP contribution in [0.5, 0.6) is 0 Å². The fourth-order valence-corrected chi connectivity index (χ4v) is 4.73. The van der Waals surface area contributed by atoms with Gasteiger partial charge in [-0.25, -0.2) is 13.1 Å². The lowest BCUT2D eigenvalue weighted by Crippen LogP contribution is -2.42. The predicted octanol–water partition coefficient (Wildman–Crippen LogP) is 2.45. The summed E-state index contributed by atoms with van der Waals surface area (Å²) in [7, 11) is -3.56. The first-order chi connectivity index (χ1) is 8.27. The molecule has 0 saturated heterocycles. The van der Waals surface area contributed by atoms with Crippen molar-refractivity contribution < 1.29 is 8.42 Å². The molecule has 1 aromatic rings. The number of rotatable bonds is 6. The minimum Gasteiger partial charge on any atom is -0.392 e. The molecule has 0 radical (unpaired) electrons. The molecular formula is C10H15ClN2O2S3. The summed E-state index contributed by atoms with van der Waals surface area (Å²) in [5.41, 5.74) is 5.45. The van der Waals surface area contributed by atoms with Crippen LogP contribution in [0.2, 0.25) is 4.34 Å². The number of nitrogens with two attached hydrogens (primary N) is 1. The van der Waals surface area contributed by atoms with Gasteiger partial charge in [-0.1, -0.05) is 30.7 Å². The van der Waals surface area contributed by atoms with Crippen LogP contribution < -0.4 is 10.5 Å². The predicted molar refractivity (Wildman–Crippen MR) is 80.7 cm³/mol. The highest BCUT2D eigenvalue weighted by molar-refractivity contribution is 7.93. The van der Waals surface area contributed by atoms with E-state index in [2.05, 4.69) is 4.72 Å². The van der Waals surface area contributed by atoms with Crippen molar-refractivity contribution in [3.63, 3.8) is 0 Å². The molecule has 1 aromatic heterocycles. The number of hydrogen-bond acceptors (Lipinski definition) is 4. The molecule has 0 spiro atoms. The third-order valence-corrected chi connectivity index (χ3v) is 6.29. The molecule has 2 unspecified atom stereocenters. The van der Waals surface area contributed by atoms with Gasteiger partial charge in [-0.3, -0.25) is 0 Å². The van der Waals surface area contributed by atoms with Crippen molar-refractivity contribution in [1.29, 1.82) is 0 Å². The van der Waals surface area contributed by atoms with Gasteiger partial charge in [0, 0.05) is 4.88 Å². The summed E-state index contributed by atoms with van der Waals surface area (Å²) in [5.74, 6) is 0. The van der Waals surface area contributed by atoms with E-state index >= 15 is 0 Å². The minimum absolute atomic E-state index is 0.0126. The zero-order valence-electron chi connectivity index (χ0n) is 10.0. The first kappa shape index (κ1) is 15.8. The Morgan fingerprint density at radius 2 is 2.22 bits per heavy atom. The van der Waals surface area contributed by atoms with Gasteiger partial charge in [-0.15, -0.1) is 11.3 Å². The standard InChI is InChI=1S/C10H15ClN2O2S3/c1-3-8(10(12)16)18(14,15)13-6(2)7-4-5-9(11)17-7/h4-6,8,13H,3H2,1-2H3,(H2,12,16). The fourth-order valence-electron chi connectivity index (χ4n) is 1.52. The largest absolute Gasteiger partial charge is 0.392 e. The number of sulfonamides is 1. The molecule has 2 atom stereocenters. The topological polar surface area (TPSA) is 72.2 Å². The highest BCUT2D eigenvalue weighted by atomic mass is 35.5. The molecule has 1 rings (SSSR count). The molecule has 3 N–H and O–H groups in total. The Balaban J connectivity index is 2.86. The van der Waals surface area contributed by atoms with E-state index in [9.17, 15) is 8.42 Å². The van der Waals surface area contributed by atoms with Gasteiger partial charge < -0.3 is 5.73 Å². The van der Waals surface area contributed by atoms with Crippen molar-refractivity contribution in [2.45, 2.75) is 31.6 Å². The van der Waals surface area contributed by atoms with Crippen LogP contribution in [0, 0.1) is 0 Å². The van der Waals surface area contributed by atoms with E-state index in [0.717, 1.165) is 4.88 Å². The molecule has 0 bridgehead atoms. The van der Waals surface area contributed by atoms with E-state index in [0.29, 0.717) is 10.8 Å². The third-order valence-electron chi connectivity index (χ3n) is 2.42. The first-order valence-electron chi connectivity index (χ1n) is 5.33. The van der Waals surface area contributed by atoms with Crippen LogP contribution in [0.15, 0.2) is 12.1 Å². The molecule has 102 valence electrons. The van der Waals surface area contributed by atoms with Crippen LogP contribution in [0.3, 0.4) is 0 Å². The molecule has 1 heterocycles. The van der Waals surface area contributed by atoms with Crippen molar-refractivity contribution >= 4 is 50.2 Å². The van der Waals surface area contributed by atoms with Crippen molar-refractivity contribution in [2.75, 3.05) is 0 Å². The van der Waals surface area contributed by atoms with Crippen LogP contribution in [0.1, 0.15) is 31.2 Å². The van der Waals surface area contributed by atoms with Gasteiger partial charge in [0.2, 0.25) is 10.0 Å². The van der Waals surface area contributed by atoms with E-state index in [1.165, 1.54) is 11.3 Å². The van der Waals surface area contributed by atoms with Gasteiger partial charge in [-0.2, -0.15) is 0 Å². The Kier molecular flexibility index (Phi) is 5.54. The lowest BCUT2D eigenvalue weighted by molar-refractivity contribution is 0.561. The van der Waals surface area contributed by atoms with Gasteiger partial charge in [0.05, 0.1) is 15.4 Å². The molecule has 0 amide bonds. The number of thiophene rings is 1. The lowest BCUT2D eigenvalue weighted by Gasteiger charge is -2.18. The number of nitrogens with one attached hydrogen (secondary N) is 1. The Bertz CT molecular complexity index is 527. The van der Waals surface area contributed by atoms with Crippen LogP contribution in [-0.2, 0) is 10.0 Å². The second-order valence-corrected chi connectivity index (χ2v) is 7.94.